The second-order valence-corrected chi connectivity index (χ2v) is 5.77. The quantitative estimate of drug-likeness (QED) is 0.887. The summed E-state index contributed by atoms with van der Waals surface area (Å²) in [5.41, 5.74) is 2.28. The highest BCUT2D eigenvalue weighted by molar-refractivity contribution is 5.95. The molecule has 0 bridgehead atoms. The fraction of sp³-hybridized carbons (Fsp3) is 0.333. The predicted octanol–water partition coefficient (Wildman–Crippen LogP) is 3.51. The average molecular weight is 311 g/mol. The van der Waals surface area contributed by atoms with Crippen LogP contribution in [-0.4, -0.2) is 24.0 Å². The second kappa shape index (κ2) is 7.13. The molecular weight excluding hydrogens is 290 g/mol. The molecule has 0 unspecified atom stereocenters. The number of carbonyl (C=O) groups is 1. The van der Waals surface area contributed by atoms with E-state index in [0.29, 0.717) is 11.6 Å². The molecule has 120 valence electrons. The van der Waals surface area contributed by atoms with Gasteiger partial charge in [0.15, 0.2) is 0 Å². The van der Waals surface area contributed by atoms with Crippen LogP contribution in [0.2, 0.25) is 0 Å². The van der Waals surface area contributed by atoms with E-state index in [1.54, 1.807) is 19.5 Å². The zero-order valence-electron chi connectivity index (χ0n) is 13.2. The Morgan fingerprint density at radius 1 is 1.13 bits per heavy atom. The molecule has 2 N–H and O–H groups in total. The van der Waals surface area contributed by atoms with Crippen molar-refractivity contribution in [2.24, 2.45) is 0 Å². The maximum Gasteiger partial charge on any atom is 0.253 e. The zero-order valence-corrected chi connectivity index (χ0v) is 13.2. The van der Waals surface area contributed by atoms with Gasteiger partial charge in [-0.2, -0.15) is 0 Å². The number of carbonyl (C=O) groups excluding carboxylic acids is 1. The third-order valence-electron chi connectivity index (χ3n) is 4.07. The van der Waals surface area contributed by atoms with E-state index in [0.717, 1.165) is 30.0 Å². The van der Waals surface area contributed by atoms with E-state index in [9.17, 15) is 4.79 Å². The van der Waals surface area contributed by atoms with Crippen molar-refractivity contribution in [2.75, 3.05) is 12.4 Å². The Labute approximate surface area is 136 Å². The number of nitrogens with one attached hydrogen (secondary N) is 2. The molecule has 1 aromatic carbocycles. The van der Waals surface area contributed by atoms with Crippen LogP contribution >= 0.6 is 0 Å². The van der Waals surface area contributed by atoms with Crippen LogP contribution in [0.15, 0.2) is 42.7 Å². The van der Waals surface area contributed by atoms with Gasteiger partial charge in [-0.25, -0.2) is 0 Å². The van der Waals surface area contributed by atoms with E-state index in [2.05, 4.69) is 15.6 Å². The molecule has 23 heavy (non-hydrogen) atoms. The van der Waals surface area contributed by atoms with Crippen LogP contribution in [0.5, 0.6) is 5.75 Å². The molecule has 1 aliphatic rings. The SMILES string of the molecule is COc1ccc(Nc2cncc(C(=O)NC3CCCC3)c2)cc1. The van der Waals surface area contributed by atoms with Crippen molar-refractivity contribution >= 4 is 17.3 Å². The summed E-state index contributed by atoms with van der Waals surface area (Å²) in [5, 5.41) is 6.32. The largest absolute Gasteiger partial charge is 0.497 e. The van der Waals surface area contributed by atoms with Gasteiger partial charge in [0.25, 0.3) is 5.91 Å². The summed E-state index contributed by atoms with van der Waals surface area (Å²) in [7, 11) is 1.64. The van der Waals surface area contributed by atoms with E-state index >= 15 is 0 Å². The van der Waals surface area contributed by atoms with E-state index in [1.165, 1.54) is 12.8 Å². The molecule has 1 heterocycles. The molecule has 1 saturated carbocycles. The van der Waals surface area contributed by atoms with Crippen LogP contribution in [0.3, 0.4) is 0 Å². The van der Waals surface area contributed by atoms with E-state index in [1.807, 2.05) is 30.3 Å². The van der Waals surface area contributed by atoms with Crippen molar-refractivity contribution in [3.05, 3.63) is 48.3 Å². The Morgan fingerprint density at radius 3 is 2.57 bits per heavy atom. The minimum Gasteiger partial charge on any atom is -0.497 e. The van der Waals surface area contributed by atoms with E-state index in [-0.39, 0.29) is 5.91 Å². The van der Waals surface area contributed by atoms with Crippen molar-refractivity contribution in [2.45, 2.75) is 31.7 Å². The number of amides is 1. The fourth-order valence-electron chi connectivity index (χ4n) is 2.81. The summed E-state index contributed by atoms with van der Waals surface area (Å²) in [6, 6.07) is 9.73. The first kappa shape index (κ1) is 15.3. The highest BCUT2D eigenvalue weighted by Gasteiger charge is 2.18. The molecule has 5 nitrogen and oxygen atoms in total. The third kappa shape index (κ3) is 4.00. The van der Waals surface area contributed by atoms with Gasteiger partial charge in [-0.05, 0) is 43.2 Å². The number of hydrogen-bond donors (Lipinski definition) is 2. The lowest BCUT2D eigenvalue weighted by atomic mass is 10.2. The van der Waals surface area contributed by atoms with Crippen molar-refractivity contribution in [3.8, 4) is 5.75 Å². The Morgan fingerprint density at radius 2 is 1.87 bits per heavy atom. The van der Waals surface area contributed by atoms with Gasteiger partial charge >= 0.3 is 0 Å². The molecule has 0 atom stereocenters. The summed E-state index contributed by atoms with van der Waals surface area (Å²) in [4.78, 5) is 16.5. The highest BCUT2D eigenvalue weighted by atomic mass is 16.5. The topological polar surface area (TPSA) is 63.2 Å². The summed E-state index contributed by atoms with van der Waals surface area (Å²) in [6.45, 7) is 0. The van der Waals surface area contributed by atoms with E-state index in [4.69, 9.17) is 4.74 Å². The molecule has 1 amide bonds. The molecule has 1 fully saturated rings. The predicted molar refractivity (Wildman–Crippen MR) is 90.2 cm³/mol. The third-order valence-corrected chi connectivity index (χ3v) is 4.07. The lowest BCUT2D eigenvalue weighted by Crippen LogP contribution is -2.32. The summed E-state index contributed by atoms with van der Waals surface area (Å²) in [5.74, 6) is 0.751. The lowest BCUT2D eigenvalue weighted by molar-refractivity contribution is 0.0937. The lowest BCUT2D eigenvalue weighted by Gasteiger charge is -2.12. The van der Waals surface area contributed by atoms with Gasteiger partial charge in [0.1, 0.15) is 5.75 Å². The molecule has 5 heteroatoms. The number of methoxy groups -OCH3 is 1. The maximum absolute atomic E-state index is 12.3. The Hall–Kier alpha value is -2.56. The standard InChI is InChI=1S/C18H21N3O2/c1-23-17-8-6-15(7-9-17)20-16-10-13(11-19-12-16)18(22)21-14-4-2-3-5-14/h6-12,14,20H,2-5H2,1H3,(H,21,22). The van der Waals surface area contributed by atoms with Gasteiger partial charge in [0, 0.05) is 17.9 Å². The van der Waals surface area contributed by atoms with Crippen LogP contribution in [0.4, 0.5) is 11.4 Å². The van der Waals surface area contributed by atoms with Crippen molar-refractivity contribution in [3.63, 3.8) is 0 Å². The van der Waals surface area contributed by atoms with Gasteiger partial charge in [-0.3, -0.25) is 9.78 Å². The number of rotatable bonds is 5. The van der Waals surface area contributed by atoms with Crippen LogP contribution in [0.1, 0.15) is 36.0 Å². The number of benzene rings is 1. The first-order chi connectivity index (χ1) is 11.2. The number of aromatic nitrogens is 1. The van der Waals surface area contributed by atoms with Crippen LogP contribution < -0.4 is 15.4 Å². The van der Waals surface area contributed by atoms with Crippen molar-refractivity contribution < 1.29 is 9.53 Å². The number of pyridine rings is 1. The van der Waals surface area contributed by atoms with Crippen LogP contribution in [0.25, 0.3) is 0 Å². The van der Waals surface area contributed by atoms with Gasteiger partial charge in [-0.1, -0.05) is 12.8 Å². The number of hydrogen-bond acceptors (Lipinski definition) is 4. The van der Waals surface area contributed by atoms with E-state index < -0.39 is 0 Å². The number of nitrogens with zero attached hydrogens (tertiary/aromatic N) is 1. The molecule has 0 saturated heterocycles. The number of anilines is 2. The smallest absolute Gasteiger partial charge is 0.253 e. The molecular formula is C18H21N3O2. The summed E-state index contributed by atoms with van der Waals surface area (Å²) >= 11 is 0. The molecule has 3 rings (SSSR count). The van der Waals surface area contributed by atoms with Gasteiger partial charge < -0.3 is 15.4 Å². The first-order valence-electron chi connectivity index (χ1n) is 7.91. The highest BCUT2D eigenvalue weighted by Crippen LogP contribution is 2.21. The summed E-state index contributed by atoms with van der Waals surface area (Å²) < 4.78 is 5.14. The minimum atomic E-state index is -0.0530. The monoisotopic (exact) mass is 311 g/mol. The van der Waals surface area contributed by atoms with Gasteiger partial charge in [0.05, 0.1) is 24.6 Å². The van der Waals surface area contributed by atoms with Crippen LogP contribution in [0, 0.1) is 0 Å². The normalized spacial score (nSPS) is 14.5. The molecule has 0 spiro atoms. The first-order valence-corrected chi connectivity index (χ1v) is 7.91. The zero-order chi connectivity index (χ0) is 16.1. The summed E-state index contributed by atoms with van der Waals surface area (Å²) in [6.07, 6.45) is 7.84. The Balaban J connectivity index is 1.67. The molecule has 0 aliphatic heterocycles. The van der Waals surface area contributed by atoms with Gasteiger partial charge in [-0.15, -0.1) is 0 Å². The van der Waals surface area contributed by atoms with Gasteiger partial charge in [0.2, 0.25) is 0 Å². The van der Waals surface area contributed by atoms with Crippen molar-refractivity contribution in [1.29, 1.82) is 0 Å². The average Bonchev–Trinajstić information content (AvgIpc) is 3.09. The molecule has 0 radical (unpaired) electrons. The Bertz CT molecular complexity index is 664. The van der Waals surface area contributed by atoms with Crippen molar-refractivity contribution in [1.82, 2.24) is 10.3 Å². The second-order valence-electron chi connectivity index (χ2n) is 5.77. The minimum absolute atomic E-state index is 0.0530. The fourth-order valence-corrected chi connectivity index (χ4v) is 2.81. The number of ether oxygens (including phenoxy) is 1. The molecule has 2 aromatic rings. The molecule has 1 aromatic heterocycles. The maximum atomic E-state index is 12.3. The van der Waals surface area contributed by atoms with Crippen LogP contribution in [-0.2, 0) is 0 Å². The molecule has 1 aliphatic carbocycles. The Kier molecular flexibility index (Phi) is 4.76.